The molecule has 0 fully saturated rings. The minimum Gasteiger partial charge on any atom is -0.396 e. The molecule has 2 rings (SSSR count). The zero-order chi connectivity index (χ0) is 17.3. The number of carbonyl (C=O) groups is 1. The Morgan fingerprint density at radius 2 is 1.33 bits per heavy atom. The summed E-state index contributed by atoms with van der Waals surface area (Å²) >= 11 is 0. The van der Waals surface area contributed by atoms with E-state index in [0.29, 0.717) is 0 Å². The van der Waals surface area contributed by atoms with Crippen LogP contribution < -0.4 is 0 Å². The zero-order valence-electron chi connectivity index (χ0n) is 13.3. The number of benzene rings is 2. The van der Waals surface area contributed by atoms with Crippen LogP contribution in [0.15, 0.2) is 60.7 Å². The van der Waals surface area contributed by atoms with Crippen molar-refractivity contribution in [2.45, 2.75) is 19.6 Å². The average molecular weight is 348 g/mol. The molecule has 0 unspecified atom stereocenters. The van der Waals surface area contributed by atoms with Crippen molar-refractivity contribution < 1.29 is 23.5 Å². The highest BCUT2D eigenvalue weighted by molar-refractivity contribution is 7.54. The van der Waals surface area contributed by atoms with E-state index in [1.165, 1.54) is 0 Å². The second-order valence-corrected chi connectivity index (χ2v) is 7.35. The van der Waals surface area contributed by atoms with Gasteiger partial charge in [0.1, 0.15) is 11.9 Å². The summed E-state index contributed by atoms with van der Waals surface area (Å²) in [7, 11) is -3.60. The number of ketones is 1. The van der Waals surface area contributed by atoms with Gasteiger partial charge in [-0.2, -0.15) is 0 Å². The fourth-order valence-electron chi connectivity index (χ4n) is 2.04. The summed E-state index contributed by atoms with van der Waals surface area (Å²) in [6, 6.07) is 18.5. The molecule has 6 heteroatoms. The lowest BCUT2D eigenvalue weighted by Gasteiger charge is -2.18. The molecule has 0 aromatic heterocycles. The molecule has 1 N–H and O–H groups in total. The van der Waals surface area contributed by atoms with Gasteiger partial charge in [-0.3, -0.25) is 9.36 Å². The molecule has 24 heavy (non-hydrogen) atoms. The monoisotopic (exact) mass is 348 g/mol. The molecule has 2 aromatic rings. The van der Waals surface area contributed by atoms with Crippen LogP contribution in [0.4, 0.5) is 0 Å². The van der Waals surface area contributed by atoms with E-state index in [0.717, 1.165) is 11.1 Å². The Bertz CT molecular complexity index is 625. The SMILES string of the molecule is O=C(CCO)CP(=O)(OCc1ccccc1)OCc1ccccc1. The molecular formula is C18H21O5P. The molecule has 0 aliphatic rings. The summed E-state index contributed by atoms with van der Waals surface area (Å²) in [4.78, 5) is 11.8. The van der Waals surface area contributed by atoms with Crippen molar-refractivity contribution in [1.82, 2.24) is 0 Å². The summed E-state index contributed by atoms with van der Waals surface area (Å²) in [5.41, 5.74) is 1.69. The number of aliphatic hydroxyl groups excluding tert-OH is 1. The van der Waals surface area contributed by atoms with Crippen molar-refractivity contribution in [3.8, 4) is 0 Å². The Morgan fingerprint density at radius 1 is 0.875 bits per heavy atom. The van der Waals surface area contributed by atoms with E-state index in [-0.39, 0.29) is 38.2 Å². The van der Waals surface area contributed by atoms with Crippen molar-refractivity contribution in [3.63, 3.8) is 0 Å². The van der Waals surface area contributed by atoms with Gasteiger partial charge in [0.25, 0.3) is 0 Å². The predicted octanol–water partition coefficient (Wildman–Crippen LogP) is 3.56. The van der Waals surface area contributed by atoms with Crippen molar-refractivity contribution in [2.75, 3.05) is 12.8 Å². The first-order valence-corrected chi connectivity index (χ1v) is 9.43. The molecule has 0 radical (unpaired) electrons. The normalized spacial score (nSPS) is 11.4. The van der Waals surface area contributed by atoms with Crippen molar-refractivity contribution in [2.24, 2.45) is 0 Å². The predicted molar refractivity (Wildman–Crippen MR) is 91.6 cm³/mol. The first-order valence-electron chi connectivity index (χ1n) is 7.70. The molecule has 0 saturated heterocycles. The third-order valence-corrected chi connectivity index (χ3v) is 5.09. The average Bonchev–Trinajstić information content (AvgIpc) is 2.60. The number of hydrogen-bond acceptors (Lipinski definition) is 5. The van der Waals surface area contributed by atoms with Gasteiger partial charge in [-0.15, -0.1) is 0 Å². The van der Waals surface area contributed by atoms with Crippen LogP contribution in [-0.4, -0.2) is 23.7 Å². The number of aliphatic hydroxyl groups is 1. The van der Waals surface area contributed by atoms with E-state index in [1.54, 1.807) is 0 Å². The highest BCUT2D eigenvalue weighted by Crippen LogP contribution is 2.49. The fraction of sp³-hybridized carbons (Fsp3) is 0.278. The maximum atomic E-state index is 12.9. The quantitative estimate of drug-likeness (QED) is 0.665. The topological polar surface area (TPSA) is 72.8 Å². The van der Waals surface area contributed by atoms with Crippen LogP contribution in [0.2, 0.25) is 0 Å². The molecule has 0 bridgehead atoms. The van der Waals surface area contributed by atoms with Crippen LogP contribution in [0, 0.1) is 0 Å². The number of hydrogen-bond donors (Lipinski definition) is 1. The van der Waals surface area contributed by atoms with Crippen LogP contribution in [0.1, 0.15) is 17.5 Å². The van der Waals surface area contributed by atoms with E-state index in [1.807, 2.05) is 60.7 Å². The van der Waals surface area contributed by atoms with Crippen LogP contribution in [0.3, 0.4) is 0 Å². The molecule has 5 nitrogen and oxygen atoms in total. The minimum atomic E-state index is -3.60. The molecule has 128 valence electrons. The lowest BCUT2D eigenvalue weighted by molar-refractivity contribution is -0.117. The summed E-state index contributed by atoms with van der Waals surface area (Å²) < 4.78 is 23.9. The van der Waals surface area contributed by atoms with Crippen molar-refractivity contribution in [1.29, 1.82) is 0 Å². The smallest absolute Gasteiger partial charge is 0.338 e. The van der Waals surface area contributed by atoms with Crippen LogP contribution in [-0.2, 0) is 31.6 Å². The molecule has 0 saturated carbocycles. The Labute approximate surface area is 141 Å². The summed E-state index contributed by atoms with van der Waals surface area (Å²) in [6.45, 7) is -0.0885. The maximum absolute atomic E-state index is 12.9. The Morgan fingerprint density at radius 3 is 1.75 bits per heavy atom. The van der Waals surface area contributed by atoms with Gasteiger partial charge in [0.2, 0.25) is 0 Å². The maximum Gasteiger partial charge on any atom is 0.338 e. The van der Waals surface area contributed by atoms with Crippen LogP contribution >= 0.6 is 7.60 Å². The molecule has 0 spiro atoms. The molecule has 0 atom stereocenters. The van der Waals surface area contributed by atoms with E-state index in [4.69, 9.17) is 14.2 Å². The molecule has 0 heterocycles. The second-order valence-electron chi connectivity index (χ2n) is 5.30. The molecular weight excluding hydrogens is 327 g/mol. The lowest BCUT2D eigenvalue weighted by Crippen LogP contribution is -2.11. The fourth-order valence-corrected chi connectivity index (χ4v) is 3.58. The van der Waals surface area contributed by atoms with Gasteiger partial charge >= 0.3 is 7.60 Å². The van der Waals surface area contributed by atoms with E-state index >= 15 is 0 Å². The highest BCUT2D eigenvalue weighted by atomic mass is 31.2. The van der Waals surface area contributed by atoms with E-state index in [9.17, 15) is 9.36 Å². The second kappa shape index (κ2) is 9.50. The van der Waals surface area contributed by atoms with Crippen molar-refractivity contribution >= 4 is 13.4 Å². The number of rotatable bonds is 10. The van der Waals surface area contributed by atoms with E-state index < -0.39 is 7.60 Å². The summed E-state index contributed by atoms with van der Waals surface area (Å²) in [5.74, 6) is -0.345. The third-order valence-electron chi connectivity index (χ3n) is 3.30. The first-order chi connectivity index (χ1) is 11.6. The molecule has 0 aliphatic heterocycles. The van der Waals surface area contributed by atoms with E-state index in [2.05, 4.69) is 0 Å². The first kappa shape index (κ1) is 18.6. The Hall–Kier alpha value is -1.78. The highest BCUT2D eigenvalue weighted by Gasteiger charge is 2.28. The van der Waals surface area contributed by atoms with Gasteiger partial charge in [0.15, 0.2) is 0 Å². The Balaban J connectivity index is 2.02. The van der Waals surface area contributed by atoms with Crippen LogP contribution in [0.5, 0.6) is 0 Å². The molecule has 0 amide bonds. The summed E-state index contributed by atoms with van der Waals surface area (Å²) in [5, 5.41) is 8.86. The number of Topliss-reactive ketones (excluding diaryl/α,β-unsaturated/α-hetero) is 1. The Kier molecular flexibility index (Phi) is 7.35. The zero-order valence-corrected chi connectivity index (χ0v) is 14.2. The van der Waals surface area contributed by atoms with Gasteiger partial charge in [-0.1, -0.05) is 60.7 Å². The van der Waals surface area contributed by atoms with Gasteiger partial charge in [0.05, 0.1) is 13.2 Å². The van der Waals surface area contributed by atoms with Gasteiger partial charge < -0.3 is 14.2 Å². The largest absolute Gasteiger partial charge is 0.396 e. The van der Waals surface area contributed by atoms with Gasteiger partial charge in [-0.25, -0.2) is 0 Å². The third kappa shape index (κ3) is 6.38. The van der Waals surface area contributed by atoms with Crippen LogP contribution in [0.25, 0.3) is 0 Å². The standard InChI is InChI=1S/C18H21O5P/c19-12-11-18(20)15-24(21,22-13-16-7-3-1-4-8-16)23-14-17-9-5-2-6-10-17/h1-10,19H,11-15H2. The van der Waals surface area contributed by atoms with Gasteiger partial charge in [-0.05, 0) is 11.1 Å². The minimum absolute atomic E-state index is 0.0621. The summed E-state index contributed by atoms with van der Waals surface area (Å²) in [6.07, 6.45) is -0.402. The number of carbonyl (C=O) groups excluding carboxylic acids is 1. The van der Waals surface area contributed by atoms with Crippen molar-refractivity contribution in [3.05, 3.63) is 71.8 Å². The molecule has 0 aliphatic carbocycles. The van der Waals surface area contributed by atoms with Gasteiger partial charge in [0, 0.05) is 13.0 Å². The molecule has 2 aromatic carbocycles. The lowest BCUT2D eigenvalue weighted by atomic mass is 10.2.